The van der Waals surface area contributed by atoms with Crippen molar-refractivity contribution >= 4 is 5.91 Å². The van der Waals surface area contributed by atoms with Gasteiger partial charge >= 0.3 is 0 Å². The molecule has 1 aromatic heterocycles. The zero-order valence-corrected chi connectivity index (χ0v) is 14.3. The van der Waals surface area contributed by atoms with Crippen LogP contribution in [0.3, 0.4) is 0 Å². The SMILES string of the molecule is CC1=CCC[C@@H](C)[C@@H]1CNC1CCN(C(=O)c2ccco2)CC1. The molecule has 0 radical (unpaired) electrons. The molecular weight excluding hydrogens is 288 g/mol. The molecule has 1 saturated heterocycles. The summed E-state index contributed by atoms with van der Waals surface area (Å²) in [7, 11) is 0. The first-order valence-corrected chi connectivity index (χ1v) is 8.88. The molecule has 4 heteroatoms. The molecule has 126 valence electrons. The fraction of sp³-hybridized carbons (Fsp3) is 0.632. The van der Waals surface area contributed by atoms with Crippen LogP contribution in [0, 0.1) is 11.8 Å². The van der Waals surface area contributed by atoms with E-state index in [0.717, 1.165) is 38.4 Å². The van der Waals surface area contributed by atoms with E-state index in [2.05, 4.69) is 25.2 Å². The standard InChI is InChI=1S/C19H28N2O2/c1-14-5-3-6-15(2)17(14)13-20-16-8-10-21(11-9-16)19(22)18-7-4-12-23-18/h4-5,7,12,15-17,20H,3,6,8-11,13H2,1-2H3/t15-,17-/m1/s1. The zero-order chi connectivity index (χ0) is 16.2. The van der Waals surface area contributed by atoms with E-state index in [-0.39, 0.29) is 5.91 Å². The Kier molecular flexibility index (Phi) is 5.21. The highest BCUT2D eigenvalue weighted by Crippen LogP contribution is 2.29. The van der Waals surface area contributed by atoms with Gasteiger partial charge in [0.25, 0.3) is 5.91 Å². The molecule has 1 aromatic rings. The van der Waals surface area contributed by atoms with Gasteiger partial charge in [0.15, 0.2) is 5.76 Å². The van der Waals surface area contributed by atoms with Crippen LogP contribution in [0.2, 0.25) is 0 Å². The molecule has 0 saturated carbocycles. The molecule has 0 bridgehead atoms. The maximum Gasteiger partial charge on any atom is 0.289 e. The van der Waals surface area contributed by atoms with Crippen molar-refractivity contribution in [2.75, 3.05) is 19.6 Å². The van der Waals surface area contributed by atoms with Crippen LogP contribution in [0.4, 0.5) is 0 Å². The second kappa shape index (κ2) is 7.35. The van der Waals surface area contributed by atoms with Crippen LogP contribution in [-0.4, -0.2) is 36.5 Å². The summed E-state index contributed by atoms with van der Waals surface area (Å²) in [6.45, 7) is 7.33. The Morgan fingerprint density at radius 2 is 2.13 bits per heavy atom. The predicted octanol–water partition coefficient (Wildman–Crippen LogP) is 3.47. The van der Waals surface area contributed by atoms with Gasteiger partial charge < -0.3 is 14.6 Å². The fourth-order valence-electron chi connectivity index (χ4n) is 3.87. The van der Waals surface area contributed by atoms with Crippen LogP contribution in [-0.2, 0) is 0 Å². The summed E-state index contributed by atoms with van der Waals surface area (Å²) in [5, 5.41) is 3.74. The predicted molar refractivity (Wildman–Crippen MR) is 91.3 cm³/mol. The minimum absolute atomic E-state index is 0.0214. The third-order valence-electron chi connectivity index (χ3n) is 5.50. The van der Waals surface area contributed by atoms with Gasteiger partial charge in [-0.1, -0.05) is 18.6 Å². The van der Waals surface area contributed by atoms with Gasteiger partial charge in [-0.05, 0) is 56.6 Å². The van der Waals surface area contributed by atoms with Gasteiger partial charge in [-0.2, -0.15) is 0 Å². The molecule has 1 amide bonds. The lowest BCUT2D eigenvalue weighted by Gasteiger charge is -2.35. The van der Waals surface area contributed by atoms with Crippen molar-refractivity contribution in [1.29, 1.82) is 0 Å². The highest BCUT2D eigenvalue weighted by molar-refractivity contribution is 5.91. The highest BCUT2D eigenvalue weighted by atomic mass is 16.3. The quantitative estimate of drug-likeness (QED) is 0.865. The number of amides is 1. The van der Waals surface area contributed by atoms with Gasteiger partial charge in [-0.25, -0.2) is 0 Å². The summed E-state index contributed by atoms with van der Waals surface area (Å²) in [6.07, 6.45) is 8.54. The Morgan fingerprint density at radius 3 is 2.78 bits per heavy atom. The molecule has 4 nitrogen and oxygen atoms in total. The van der Waals surface area contributed by atoms with Crippen LogP contribution in [0.25, 0.3) is 0 Å². The lowest BCUT2D eigenvalue weighted by Crippen LogP contribution is -2.46. The summed E-state index contributed by atoms with van der Waals surface area (Å²) in [5.41, 5.74) is 1.54. The number of nitrogens with one attached hydrogen (secondary N) is 1. The van der Waals surface area contributed by atoms with E-state index in [9.17, 15) is 4.79 Å². The first-order valence-electron chi connectivity index (χ1n) is 8.88. The molecule has 2 atom stereocenters. The van der Waals surface area contributed by atoms with Gasteiger partial charge in [0.2, 0.25) is 0 Å². The van der Waals surface area contributed by atoms with Gasteiger partial charge in [0.05, 0.1) is 6.26 Å². The monoisotopic (exact) mass is 316 g/mol. The number of nitrogens with zero attached hydrogens (tertiary/aromatic N) is 1. The van der Waals surface area contributed by atoms with Crippen molar-refractivity contribution in [1.82, 2.24) is 10.2 Å². The van der Waals surface area contributed by atoms with Crippen molar-refractivity contribution in [3.05, 3.63) is 35.8 Å². The number of carbonyl (C=O) groups excluding carboxylic acids is 1. The minimum atomic E-state index is 0.0214. The zero-order valence-electron chi connectivity index (χ0n) is 14.3. The molecule has 3 rings (SSSR count). The third-order valence-corrected chi connectivity index (χ3v) is 5.50. The molecular formula is C19H28N2O2. The summed E-state index contributed by atoms with van der Waals surface area (Å²) >= 11 is 0. The van der Waals surface area contributed by atoms with Gasteiger partial charge in [0.1, 0.15) is 0 Å². The number of allylic oxidation sites excluding steroid dienone is 1. The fourth-order valence-corrected chi connectivity index (χ4v) is 3.87. The van der Waals surface area contributed by atoms with Crippen LogP contribution in [0.15, 0.2) is 34.5 Å². The molecule has 1 fully saturated rings. The molecule has 2 aliphatic rings. The average molecular weight is 316 g/mol. The lowest BCUT2D eigenvalue weighted by atomic mass is 9.80. The van der Waals surface area contributed by atoms with Crippen molar-refractivity contribution < 1.29 is 9.21 Å². The summed E-state index contributed by atoms with van der Waals surface area (Å²) in [5.74, 6) is 1.92. The lowest BCUT2D eigenvalue weighted by molar-refractivity contribution is 0.0671. The topological polar surface area (TPSA) is 45.5 Å². The number of furan rings is 1. The molecule has 0 unspecified atom stereocenters. The normalized spacial score (nSPS) is 26.2. The van der Waals surface area contributed by atoms with Gasteiger partial charge in [0, 0.05) is 25.7 Å². The third kappa shape index (κ3) is 3.86. The van der Waals surface area contributed by atoms with E-state index in [4.69, 9.17) is 4.42 Å². The second-order valence-corrected chi connectivity index (χ2v) is 7.06. The van der Waals surface area contributed by atoms with Crippen molar-refractivity contribution in [2.45, 2.75) is 45.6 Å². The smallest absolute Gasteiger partial charge is 0.289 e. The van der Waals surface area contributed by atoms with Gasteiger partial charge in [-0.15, -0.1) is 0 Å². The summed E-state index contributed by atoms with van der Waals surface area (Å²) < 4.78 is 5.21. The number of hydrogen-bond donors (Lipinski definition) is 1. The van der Waals surface area contributed by atoms with Gasteiger partial charge in [-0.3, -0.25) is 4.79 Å². The van der Waals surface area contributed by atoms with Crippen molar-refractivity contribution in [2.24, 2.45) is 11.8 Å². The largest absolute Gasteiger partial charge is 0.459 e. The Morgan fingerprint density at radius 1 is 1.35 bits per heavy atom. The first-order chi connectivity index (χ1) is 11.1. The Hall–Kier alpha value is -1.55. The number of likely N-dealkylation sites (tertiary alicyclic amines) is 1. The summed E-state index contributed by atoms with van der Waals surface area (Å²) in [6, 6.07) is 4.03. The molecule has 1 aliphatic heterocycles. The van der Waals surface area contributed by atoms with E-state index < -0.39 is 0 Å². The number of hydrogen-bond acceptors (Lipinski definition) is 3. The van der Waals surface area contributed by atoms with E-state index in [1.807, 2.05) is 4.90 Å². The van der Waals surface area contributed by atoms with Crippen LogP contribution >= 0.6 is 0 Å². The molecule has 1 N–H and O–H groups in total. The number of piperidine rings is 1. The van der Waals surface area contributed by atoms with E-state index in [0.29, 0.717) is 17.7 Å². The first kappa shape index (κ1) is 16.3. The van der Waals surface area contributed by atoms with Crippen LogP contribution in [0.5, 0.6) is 0 Å². The van der Waals surface area contributed by atoms with Crippen LogP contribution in [0.1, 0.15) is 50.1 Å². The van der Waals surface area contributed by atoms with E-state index >= 15 is 0 Å². The van der Waals surface area contributed by atoms with Crippen LogP contribution < -0.4 is 5.32 Å². The Bertz CT molecular complexity index is 542. The molecule has 2 heterocycles. The van der Waals surface area contributed by atoms with E-state index in [1.165, 1.54) is 12.8 Å². The molecule has 0 spiro atoms. The number of rotatable bonds is 4. The minimum Gasteiger partial charge on any atom is -0.459 e. The molecule has 0 aromatic carbocycles. The maximum atomic E-state index is 12.3. The molecule has 1 aliphatic carbocycles. The van der Waals surface area contributed by atoms with Crippen molar-refractivity contribution in [3.8, 4) is 0 Å². The highest BCUT2D eigenvalue weighted by Gasteiger charge is 2.27. The summed E-state index contributed by atoms with van der Waals surface area (Å²) in [4.78, 5) is 14.2. The Labute approximate surface area is 138 Å². The number of carbonyl (C=O) groups is 1. The average Bonchev–Trinajstić information content (AvgIpc) is 3.09. The Balaban J connectivity index is 1.45. The van der Waals surface area contributed by atoms with E-state index in [1.54, 1.807) is 24.0 Å². The maximum absolute atomic E-state index is 12.3. The second-order valence-electron chi connectivity index (χ2n) is 7.06. The molecule has 23 heavy (non-hydrogen) atoms. The van der Waals surface area contributed by atoms with Crippen molar-refractivity contribution in [3.63, 3.8) is 0 Å².